The summed E-state index contributed by atoms with van der Waals surface area (Å²) in [5.74, 6) is 0.996. The summed E-state index contributed by atoms with van der Waals surface area (Å²) < 4.78 is 26.2. The topological polar surface area (TPSA) is 106 Å². The van der Waals surface area contributed by atoms with E-state index in [1.54, 1.807) is 24.3 Å². The van der Waals surface area contributed by atoms with Crippen molar-refractivity contribution >= 4 is 17.7 Å². The minimum Gasteiger partial charge on any atom is -0.497 e. The molecule has 0 bridgehead atoms. The van der Waals surface area contributed by atoms with E-state index in [1.807, 2.05) is 0 Å². The second-order valence-corrected chi connectivity index (χ2v) is 6.05. The molecule has 1 aliphatic rings. The first-order valence-corrected chi connectivity index (χ1v) is 8.59. The average Bonchev–Trinajstić information content (AvgIpc) is 2.75. The number of hydrogen-bond acceptors (Lipinski definition) is 8. The minimum absolute atomic E-state index is 0.0311. The van der Waals surface area contributed by atoms with Crippen LogP contribution in [0.2, 0.25) is 0 Å². The van der Waals surface area contributed by atoms with Crippen LogP contribution in [0.5, 0.6) is 17.2 Å². The number of methoxy groups -OCH3 is 2. The van der Waals surface area contributed by atoms with Gasteiger partial charge in [0.2, 0.25) is 0 Å². The lowest BCUT2D eigenvalue weighted by molar-refractivity contribution is -0.385. The normalized spacial score (nSPS) is 12.8. The summed E-state index contributed by atoms with van der Waals surface area (Å²) in [5.41, 5.74) is 1.51. The predicted molar refractivity (Wildman–Crippen MR) is 102 cm³/mol. The number of rotatable bonds is 7. The average molecular weight is 401 g/mol. The van der Waals surface area contributed by atoms with Crippen LogP contribution >= 0.6 is 0 Å². The second-order valence-electron chi connectivity index (χ2n) is 6.05. The first-order chi connectivity index (χ1) is 14.0. The molecule has 9 nitrogen and oxygen atoms in total. The standard InChI is InChI=1S/C20H19NO8/c1-25-17-5-13(6-18(9-17)26-2)3-4-19(22)28-11-15-8-16(21(23)24)7-14-10-27-12-29-20(14)15/h3-9H,10-12H2,1-2H3/b4-3+. The first kappa shape index (κ1) is 20.2. The quantitative estimate of drug-likeness (QED) is 0.301. The van der Waals surface area contributed by atoms with Gasteiger partial charge in [-0.2, -0.15) is 0 Å². The van der Waals surface area contributed by atoms with E-state index in [-0.39, 0.29) is 25.7 Å². The maximum absolute atomic E-state index is 12.1. The predicted octanol–water partition coefficient (Wildman–Crippen LogP) is 3.24. The third-order valence-corrected chi connectivity index (χ3v) is 4.14. The minimum atomic E-state index is -0.612. The Kier molecular flexibility index (Phi) is 6.30. The Hall–Kier alpha value is -3.59. The number of nitro groups is 1. The Morgan fingerprint density at radius 1 is 1.17 bits per heavy atom. The molecule has 0 atom stereocenters. The van der Waals surface area contributed by atoms with Gasteiger partial charge in [0.1, 0.15) is 23.9 Å². The molecular weight excluding hydrogens is 382 g/mol. The van der Waals surface area contributed by atoms with Crippen LogP contribution in [0.25, 0.3) is 6.08 Å². The van der Waals surface area contributed by atoms with E-state index in [1.165, 1.54) is 32.4 Å². The van der Waals surface area contributed by atoms with Crippen LogP contribution in [0.15, 0.2) is 36.4 Å². The van der Waals surface area contributed by atoms with Gasteiger partial charge in [-0.3, -0.25) is 10.1 Å². The third kappa shape index (κ3) is 5.02. The number of benzene rings is 2. The van der Waals surface area contributed by atoms with Gasteiger partial charge in [-0.1, -0.05) is 0 Å². The number of carbonyl (C=O) groups excluding carboxylic acids is 1. The van der Waals surface area contributed by atoms with Gasteiger partial charge in [0.05, 0.1) is 25.7 Å². The van der Waals surface area contributed by atoms with Crippen molar-refractivity contribution in [3.8, 4) is 17.2 Å². The summed E-state index contributed by atoms with van der Waals surface area (Å²) >= 11 is 0. The fraction of sp³-hybridized carbons (Fsp3) is 0.250. The Morgan fingerprint density at radius 3 is 2.55 bits per heavy atom. The van der Waals surface area contributed by atoms with Gasteiger partial charge in [-0.15, -0.1) is 0 Å². The van der Waals surface area contributed by atoms with Gasteiger partial charge < -0.3 is 23.7 Å². The number of esters is 1. The fourth-order valence-corrected chi connectivity index (χ4v) is 2.78. The van der Waals surface area contributed by atoms with E-state index in [0.717, 1.165) is 0 Å². The summed E-state index contributed by atoms with van der Waals surface area (Å²) in [6.45, 7) is 0.0491. The molecule has 0 saturated carbocycles. The molecule has 2 aromatic rings. The number of nitro benzene ring substituents is 1. The zero-order valence-corrected chi connectivity index (χ0v) is 15.9. The van der Waals surface area contributed by atoms with E-state index in [9.17, 15) is 14.9 Å². The molecule has 9 heteroatoms. The molecule has 152 valence electrons. The van der Waals surface area contributed by atoms with Gasteiger partial charge in [0.15, 0.2) is 6.79 Å². The van der Waals surface area contributed by atoms with Crippen LogP contribution in [0.1, 0.15) is 16.7 Å². The van der Waals surface area contributed by atoms with Gasteiger partial charge in [-0.25, -0.2) is 4.79 Å². The van der Waals surface area contributed by atoms with Crippen LogP contribution in [0.3, 0.4) is 0 Å². The summed E-state index contributed by atoms with van der Waals surface area (Å²) in [6.07, 6.45) is 2.81. The second kappa shape index (κ2) is 9.07. The summed E-state index contributed by atoms with van der Waals surface area (Å²) in [7, 11) is 3.06. The molecule has 0 saturated heterocycles. The van der Waals surface area contributed by atoms with Gasteiger partial charge in [0.25, 0.3) is 5.69 Å². The molecule has 0 amide bonds. The molecule has 29 heavy (non-hydrogen) atoms. The number of non-ortho nitro benzene ring substituents is 1. The largest absolute Gasteiger partial charge is 0.497 e. The van der Waals surface area contributed by atoms with E-state index in [2.05, 4.69) is 0 Å². The van der Waals surface area contributed by atoms with Gasteiger partial charge >= 0.3 is 5.97 Å². The SMILES string of the molecule is COc1cc(/C=C/C(=O)OCc2cc([N+](=O)[O-])cc3c2OCOC3)cc(OC)c1. The molecule has 0 N–H and O–H groups in total. The number of fused-ring (bicyclic) bond motifs is 1. The molecule has 0 unspecified atom stereocenters. The molecule has 0 radical (unpaired) electrons. The van der Waals surface area contributed by atoms with Crippen LogP contribution in [0.4, 0.5) is 5.69 Å². The van der Waals surface area contributed by atoms with Crippen molar-refractivity contribution in [1.82, 2.24) is 0 Å². The fourth-order valence-electron chi connectivity index (χ4n) is 2.78. The Labute approximate surface area is 166 Å². The lowest BCUT2D eigenvalue weighted by Gasteiger charge is -2.20. The highest BCUT2D eigenvalue weighted by Gasteiger charge is 2.21. The third-order valence-electron chi connectivity index (χ3n) is 4.14. The van der Waals surface area contributed by atoms with E-state index in [4.69, 9.17) is 23.7 Å². The summed E-state index contributed by atoms with van der Waals surface area (Å²) in [5, 5.41) is 11.1. The number of hydrogen-bond donors (Lipinski definition) is 0. The van der Waals surface area contributed by atoms with Gasteiger partial charge in [-0.05, 0) is 23.8 Å². The molecule has 0 aromatic heterocycles. The lowest BCUT2D eigenvalue weighted by atomic mass is 10.1. The monoisotopic (exact) mass is 401 g/mol. The molecule has 0 spiro atoms. The Balaban J connectivity index is 1.72. The van der Waals surface area contributed by atoms with Crippen molar-refractivity contribution in [3.63, 3.8) is 0 Å². The maximum atomic E-state index is 12.1. The zero-order valence-electron chi connectivity index (χ0n) is 15.9. The maximum Gasteiger partial charge on any atom is 0.331 e. The zero-order chi connectivity index (χ0) is 20.8. The molecule has 0 aliphatic carbocycles. The first-order valence-electron chi connectivity index (χ1n) is 8.59. The van der Waals surface area contributed by atoms with E-state index >= 15 is 0 Å². The summed E-state index contributed by atoms with van der Waals surface area (Å²) in [4.78, 5) is 22.7. The lowest BCUT2D eigenvalue weighted by Crippen LogP contribution is -2.14. The highest BCUT2D eigenvalue weighted by atomic mass is 16.7. The van der Waals surface area contributed by atoms with Crippen molar-refractivity contribution in [1.29, 1.82) is 0 Å². The molecule has 2 aromatic carbocycles. The summed E-state index contributed by atoms with van der Waals surface area (Å²) in [6, 6.07) is 7.89. The molecule has 1 heterocycles. The number of ether oxygens (including phenoxy) is 5. The molecule has 0 fully saturated rings. The van der Waals surface area contributed by atoms with Crippen LogP contribution in [0, 0.1) is 10.1 Å². The Morgan fingerprint density at radius 2 is 1.90 bits per heavy atom. The van der Waals surface area contributed by atoms with Crippen molar-refractivity contribution in [2.24, 2.45) is 0 Å². The van der Waals surface area contributed by atoms with E-state index < -0.39 is 10.9 Å². The van der Waals surface area contributed by atoms with Crippen molar-refractivity contribution in [2.45, 2.75) is 13.2 Å². The van der Waals surface area contributed by atoms with Crippen molar-refractivity contribution in [2.75, 3.05) is 21.0 Å². The van der Waals surface area contributed by atoms with Gasteiger partial charge in [0, 0.05) is 35.4 Å². The van der Waals surface area contributed by atoms with Crippen LogP contribution in [-0.2, 0) is 27.5 Å². The van der Waals surface area contributed by atoms with Crippen molar-refractivity contribution < 1.29 is 33.4 Å². The number of carbonyl (C=O) groups is 1. The Bertz CT molecular complexity index is 931. The molecular formula is C20H19NO8. The van der Waals surface area contributed by atoms with Crippen LogP contribution in [-0.4, -0.2) is 31.9 Å². The molecule has 1 aliphatic heterocycles. The van der Waals surface area contributed by atoms with Crippen LogP contribution < -0.4 is 14.2 Å². The van der Waals surface area contributed by atoms with E-state index in [0.29, 0.717) is 33.9 Å². The smallest absolute Gasteiger partial charge is 0.331 e. The number of nitrogens with zero attached hydrogens (tertiary/aromatic N) is 1. The van der Waals surface area contributed by atoms with Crippen molar-refractivity contribution in [3.05, 3.63) is 63.2 Å². The highest BCUT2D eigenvalue weighted by Crippen LogP contribution is 2.33. The molecule has 3 rings (SSSR count). The highest BCUT2D eigenvalue weighted by molar-refractivity contribution is 5.87.